The molecular formula is C12H18N4O2. The summed E-state index contributed by atoms with van der Waals surface area (Å²) in [6.07, 6.45) is 4.53. The van der Waals surface area contributed by atoms with E-state index in [1.165, 1.54) is 10.6 Å². The molecule has 0 saturated heterocycles. The predicted octanol–water partition coefficient (Wildman–Crippen LogP) is 0.116. The van der Waals surface area contributed by atoms with Crippen molar-refractivity contribution in [3.63, 3.8) is 0 Å². The van der Waals surface area contributed by atoms with Crippen molar-refractivity contribution in [2.75, 3.05) is 5.43 Å². The highest BCUT2D eigenvalue weighted by atomic mass is 16.2. The van der Waals surface area contributed by atoms with Crippen LogP contribution in [0, 0.1) is 11.8 Å². The highest BCUT2D eigenvalue weighted by molar-refractivity contribution is 5.32. The molecule has 1 heterocycles. The number of rotatable bonds is 5. The molecule has 6 heteroatoms. The van der Waals surface area contributed by atoms with Crippen LogP contribution in [0.2, 0.25) is 0 Å². The lowest BCUT2D eigenvalue weighted by atomic mass is 10.4. The zero-order chi connectivity index (χ0) is 12.7. The van der Waals surface area contributed by atoms with Crippen LogP contribution in [0.15, 0.2) is 15.7 Å². The van der Waals surface area contributed by atoms with Crippen molar-refractivity contribution in [2.45, 2.75) is 38.8 Å². The highest BCUT2D eigenvalue weighted by Crippen LogP contribution is 2.31. The fraction of sp³-hybridized carbons (Fsp3) is 0.667. The Morgan fingerprint density at radius 3 is 2.17 bits per heavy atom. The van der Waals surface area contributed by atoms with Crippen LogP contribution in [0.3, 0.4) is 0 Å². The van der Waals surface area contributed by atoms with Crippen LogP contribution in [0.25, 0.3) is 0 Å². The maximum absolute atomic E-state index is 12.3. The van der Waals surface area contributed by atoms with Gasteiger partial charge in [0.2, 0.25) is 0 Å². The fourth-order valence-corrected chi connectivity index (χ4v) is 2.20. The summed E-state index contributed by atoms with van der Waals surface area (Å²) in [7, 11) is 0. The first-order valence-corrected chi connectivity index (χ1v) is 6.50. The molecule has 0 bridgehead atoms. The molecule has 3 rings (SSSR count). The van der Waals surface area contributed by atoms with Gasteiger partial charge in [-0.1, -0.05) is 0 Å². The Bertz CT molecular complexity index is 566. The van der Waals surface area contributed by atoms with E-state index in [9.17, 15) is 9.59 Å². The van der Waals surface area contributed by atoms with Gasteiger partial charge < -0.3 is 5.43 Å². The van der Waals surface area contributed by atoms with Gasteiger partial charge in [-0.05, 0) is 37.5 Å². The fourth-order valence-electron chi connectivity index (χ4n) is 2.20. The Labute approximate surface area is 104 Å². The molecule has 3 N–H and O–H groups in total. The number of hydrazine groups is 1. The smallest absolute Gasteiger partial charge is 0.310 e. The van der Waals surface area contributed by atoms with E-state index in [1.807, 2.05) is 0 Å². The summed E-state index contributed by atoms with van der Waals surface area (Å²) in [4.78, 5) is 24.2. The van der Waals surface area contributed by atoms with Crippen LogP contribution in [0.5, 0.6) is 0 Å². The molecular weight excluding hydrogens is 232 g/mol. The first-order valence-electron chi connectivity index (χ1n) is 6.50. The molecule has 1 aromatic rings. The van der Waals surface area contributed by atoms with Gasteiger partial charge in [0.15, 0.2) is 0 Å². The van der Waals surface area contributed by atoms with Crippen molar-refractivity contribution in [1.29, 1.82) is 0 Å². The number of hydrogen-bond acceptors (Lipinski definition) is 4. The maximum Gasteiger partial charge on any atom is 0.332 e. The number of hydrogen-bond donors (Lipinski definition) is 2. The SMILES string of the molecule is NNc1cc(=O)n(CC2CC2)c(=O)n1CC1CC1. The van der Waals surface area contributed by atoms with Gasteiger partial charge in [-0.25, -0.2) is 10.6 Å². The van der Waals surface area contributed by atoms with E-state index in [0.29, 0.717) is 30.7 Å². The van der Waals surface area contributed by atoms with E-state index in [0.717, 1.165) is 25.7 Å². The predicted molar refractivity (Wildman–Crippen MR) is 68.2 cm³/mol. The minimum atomic E-state index is -0.258. The van der Waals surface area contributed by atoms with Crippen LogP contribution in [0.4, 0.5) is 5.82 Å². The summed E-state index contributed by atoms with van der Waals surface area (Å²) in [5, 5.41) is 0. The second kappa shape index (κ2) is 4.28. The number of anilines is 1. The molecule has 0 spiro atoms. The van der Waals surface area contributed by atoms with Crippen molar-refractivity contribution in [1.82, 2.24) is 9.13 Å². The minimum Gasteiger partial charge on any atom is -0.310 e. The van der Waals surface area contributed by atoms with Gasteiger partial charge in [0, 0.05) is 19.2 Å². The van der Waals surface area contributed by atoms with Crippen molar-refractivity contribution in [3.05, 3.63) is 26.9 Å². The second-order valence-electron chi connectivity index (χ2n) is 5.40. The third kappa shape index (κ3) is 2.20. The topological polar surface area (TPSA) is 82.1 Å². The zero-order valence-electron chi connectivity index (χ0n) is 10.3. The van der Waals surface area contributed by atoms with E-state index in [4.69, 9.17) is 5.84 Å². The largest absolute Gasteiger partial charge is 0.332 e. The molecule has 1 aromatic heterocycles. The Morgan fingerprint density at radius 2 is 1.67 bits per heavy atom. The number of nitrogens with one attached hydrogen (secondary N) is 1. The van der Waals surface area contributed by atoms with Crippen molar-refractivity contribution in [2.24, 2.45) is 17.7 Å². The van der Waals surface area contributed by atoms with Gasteiger partial charge in [-0.15, -0.1) is 0 Å². The number of nitrogens with two attached hydrogens (primary N) is 1. The molecule has 18 heavy (non-hydrogen) atoms. The monoisotopic (exact) mass is 250 g/mol. The molecule has 0 aromatic carbocycles. The number of nitrogen functional groups attached to an aromatic ring is 1. The van der Waals surface area contributed by atoms with Crippen molar-refractivity contribution >= 4 is 5.82 Å². The van der Waals surface area contributed by atoms with E-state index in [2.05, 4.69) is 5.43 Å². The number of aromatic nitrogens is 2. The molecule has 2 aliphatic carbocycles. The first kappa shape index (κ1) is 11.5. The Hall–Kier alpha value is -1.56. The first-order chi connectivity index (χ1) is 8.69. The average molecular weight is 250 g/mol. The van der Waals surface area contributed by atoms with Gasteiger partial charge in [0.05, 0.1) is 0 Å². The second-order valence-corrected chi connectivity index (χ2v) is 5.40. The van der Waals surface area contributed by atoms with Crippen molar-refractivity contribution < 1.29 is 0 Å². The Balaban J connectivity index is 2.02. The molecule has 0 atom stereocenters. The maximum atomic E-state index is 12.3. The summed E-state index contributed by atoms with van der Waals surface area (Å²) < 4.78 is 2.95. The van der Waals surface area contributed by atoms with Crippen LogP contribution < -0.4 is 22.5 Å². The third-order valence-electron chi connectivity index (χ3n) is 3.70. The quantitative estimate of drug-likeness (QED) is 0.574. The normalized spacial score (nSPS) is 18.9. The summed E-state index contributed by atoms with van der Waals surface area (Å²) in [5.41, 5.74) is 1.97. The molecule has 2 aliphatic rings. The van der Waals surface area contributed by atoms with Crippen LogP contribution in [-0.4, -0.2) is 9.13 Å². The van der Waals surface area contributed by atoms with Crippen molar-refractivity contribution in [3.8, 4) is 0 Å². The highest BCUT2D eigenvalue weighted by Gasteiger charge is 2.26. The zero-order valence-corrected chi connectivity index (χ0v) is 10.3. The standard InChI is InChI=1S/C12H18N4O2/c13-14-10-5-11(17)16(7-9-3-4-9)12(18)15(10)6-8-1-2-8/h5,8-9,14H,1-4,6-7,13H2. The van der Waals surface area contributed by atoms with Gasteiger partial charge in [0.25, 0.3) is 5.56 Å². The van der Waals surface area contributed by atoms with Crippen LogP contribution in [-0.2, 0) is 13.1 Å². The average Bonchev–Trinajstić information content (AvgIpc) is 3.22. The van der Waals surface area contributed by atoms with E-state index in [1.54, 1.807) is 4.57 Å². The van der Waals surface area contributed by atoms with Crippen LogP contribution in [0.1, 0.15) is 25.7 Å². The molecule has 98 valence electrons. The Kier molecular flexibility index (Phi) is 2.74. The van der Waals surface area contributed by atoms with Crippen LogP contribution >= 0.6 is 0 Å². The van der Waals surface area contributed by atoms with Gasteiger partial charge >= 0.3 is 5.69 Å². The molecule has 6 nitrogen and oxygen atoms in total. The molecule has 2 fully saturated rings. The van der Waals surface area contributed by atoms with Gasteiger partial charge in [0.1, 0.15) is 5.82 Å². The third-order valence-corrected chi connectivity index (χ3v) is 3.70. The Morgan fingerprint density at radius 1 is 1.11 bits per heavy atom. The molecule has 0 amide bonds. The summed E-state index contributed by atoms with van der Waals surface area (Å²) in [5.74, 6) is 6.87. The van der Waals surface area contributed by atoms with Gasteiger partial charge in [-0.3, -0.25) is 13.9 Å². The van der Waals surface area contributed by atoms with Gasteiger partial charge in [-0.2, -0.15) is 0 Å². The lowest BCUT2D eigenvalue weighted by molar-refractivity contribution is 0.510. The number of nitrogens with zero attached hydrogens (tertiary/aromatic N) is 2. The van der Waals surface area contributed by atoms with E-state index >= 15 is 0 Å². The summed E-state index contributed by atoms with van der Waals surface area (Å²) >= 11 is 0. The minimum absolute atomic E-state index is 0.228. The molecule has 0 unspecified atom stereocenters. The van der Waals surface area contributed by atoms with E-state index in [-0.39, 0.29) is 11.2 Å². The molecule has 0 aliphatic heterocycles. The molecule has 2 saturated carbocycles. The van der Waals surface area contributed by atoms with E-state index < -0.39 is 0 Å². The summed E-state index contributed by atoms with van der Waals surface area (Å²) in [6.45, 7) is 1.20. The lowest BCUT2D eigenvalue weighted by Crippen LogP contribution is -2.41. The molecule has 0 radical (unpaired) electrons. The lowest BCUT2D eigenvalue weighted by Gasteiger charge is -2.14. The summed E-state index contributed by atoms with van der Waals surface area (Å²) in [6, 6.07) is 1.42.